The van der Waals surface area contributed by atoms with Crippen LogP contribution in [0.2, 0.25) is 0 Å². The van der Waals surface area contributed by atoms with Gasteiger partial charge in [-0.05, 0) is 24.4 Å². The third kappa shape index (κ3) is 8.84. The summed E-state index contributed by atoms with van der Waals surface area (Å²) in [6, 6.07) is 0. The van der Waals surface area contributed by atoms with Gasteiger partial charge >= 0.3 is 5.82 Å². The van der Waals surface area contributed by atoms with Crippen molar-refractivity contribution in [3.63, 3.8) is 0 Å². The fourth-order valence-electron chi connectivity index (χ4n) is 2.13. The van der Waals surface area contributed by atoms with Gasteiger partial charge in [0.1, 0.15) is 0 Å². The van der Waals surface area contributed by atoms with Gasteiger partial charge < -0.3 is 10.6 Å². The molecule has 0 radical (unpaired) electrons. The molecule has 0 amide bonds. The number of aromatic nitrogens is 4. The molecule has 2 aromatic rings. The molecule has 14 nitrogen and oxygen atoms in total. The van der Waals surface area contributed by atoms with Crippen LogP contribution in [0.5, 0.6) is 0 Å². The lowest BCUT2D eigenvalue weighted by molar-refractivity contribution is 0.476. The number of anilines is 1. The molecular weight excluding hydrogens is 492 g/mol. The van der Waals surface area contributed by atoms with Gasteiger partial charge in [0, 0.05) is 5.75 Å². The van der Waals surface area contributed by atoms with E-state index in [9.17, 15) is 16.8 Å². The van der Waals surface area contributed by atoms with Gasteiger partial charge in [-0.1, -0.05) is 29.7 Å². The standard InChI is InChI=1S/C13H18N8O6S4/c1-15-11-9(10(14)21(20-11)5-4-8-31(25,26)27)16-17-12-18-19-13(29-12)28-6-2-3-7-30(22,23)24/h2-8,14H2,(H,22,23,24)(H,25,26,27). The van der Waals surface area contributed by atoms with Crippen LogP contribution in [0.15, 0.2) is 14.6 Å². The quantitative estimate of drug-likeness (QED) is 0.124. The molecule has 0 saturated heterocycles. The van der Waals surface area contributed by atoms with E-state index >= 15 is 0 Å². The zero-order valence-corrected chi connectivity index (χ0v) is 19.1. The van der Waals surface area contributed by atoms with E-state index in [1.165, 1.54) is 16.4 Å². The Morgan fingerprint density at radius 3 is 2.42 bits per heavy atom. The molecule has 31 heavy (non-hydrogen) atoms. The van der Waals surface area contributed by atoms with Crippen LogP contribution in [0.3, 0.4) is 0 Å². The minimum absolute atomic E-state index is 0.0106. The molecule has 0 fully saturated rings. The Bertz CT molecular complexity index is 1180. The molecule has 0 aromatic carbocycles. The summed E-state index contributed by atoms with van der Waals surface area (Å²) in [5, 5.41) is 19.8. The Morgan fingerprint density at radius 1 is 1.10 bits per heavy atom. The van der Waals surface area contributed by atoms with Crippen molar-refractivity contribution in [1.82, 2.24) is 20.0 Å². The number of rotatable bonds is 12. The summed E-state index contributed by atoms with van der Waals surface area (Å²) < 4.78 is 62.2. The van der Waals surface area contributed by atoms with E-state index in [1.54, 1.807) is 0 Å². The summed E-state index contributed by atoms with van der Waals surface area (Å²) in [6.07, 6.45) is 0.923. The Kier molecular flexibility index (Phi) is 8.84. The van der Waals surface area contributed by atoms with E-state index in [2.05, 4.69) is 30.4 Å². The number of nitrogens with two attached hydrogens (primary N) is 1. The number of unbranched alkanes of at least 4 members (excludes halogenated alkanes) is 1. The minimum Gasteiger partial charge on any atom is -0.382 e. The molecular formula is C13H18N8O6S4. The largest absolute Gasteiger partial charge is 0.382 e. The topological polar surface area (TPSA) is 207 Å². The highest BCUT2D eigenvalue weighted by Crippen LogP contribution is 2.36. The summed E-state index contributed by atoms with van der Waals surface area (Å²) >= 11 is 2.48. The fourth-order valence-corrected chi connectivity index (χ4v) is 4.93. The van der Waals surface area contributed by atoms with Crippen molar-refractivity contribution in [3.8, 4) is 0 Å². The van der Waals surface area contributed by atoms with Crippen LogP contribution in [0, 0.1) is 6.57 Å². The Hall–Kier alpha value is -2.17. The lowest BCUT2D eigenvalue weighted by Gasteiger charge is -1.99. The predicted octanol–water partition coefficient (Wildman–Crippen LogP) is 2.32. The average molecular weight is 511 g/mol. The summed E-state index contributed by atoms with van der Waals surface area (Å²) in [5.74, 6) is -0.296. The van der Waals surface area contributed by atoms with Gasteiger partial charge in [0.05, 0.1) is 18.1 Å². The summed E-state index contributed by atoms with van der Waals surface area (Å²) in [5.41, 5.74) is 5.93. The number of aryl methyl sites for hydroxylation is 1. The maximum atomic E-state index is 10.8. The molecule has 0 atom stereocenters. The second-order valence-electron chi connectivity index (χ2n) is 5.92. The van der Waals surface area contributed by atoms with Gasteiger partial charge in [0.2, 0.25) is 0 Å². The Morgan fingerprint density at radius 2 is 1.77 bits per heavy atom. The molecule has 170 valence electrons. The van der Waals surface area contributed by atoms with Crippen molar-refractivity contribution >= 4 is 65.8 Å². The van der Waals surface area contributed by atoms with Gasteiger partial charge in [0.25, 0.3) is 25.4 Å². The third-order valence-electron chi connectivity index (χ3n) is 3.48. The van der Waals surface area contributed by atoms with Crippen LogP contribution in [0.25, 0.3) is 4.85 Å². The Labute approximate surface area is 186 Å². The van der Waals surface area contributed by atoms with Gasteiger partial charge in [-0.3, -0.25) is 9.11 Å². The zero-order valence-electron chi connectivity index (χ0n) is 15.8. The molecule has 2 heterocycles. The van der Waals surface area contributed by atoms with Crippen molar-refractivity contribution in [2.75, 3.05) is 23.0 Å². The maximum absolute atomic E-state index is 10.8. The molecule has 0 spiro atoms. The first-order valence-electron chi connectivity index (χ1n) is 8.50. The van der Waals surface area contributed by atoms with Gasteiger partial charge in [0.15, 0.2) is 15.8 Å². The molecule has 0 aliphatic carbocycles. The SMILES string of the molecule is [C-]#[N+]c1nn(CCCS(=O)(=O)O)c(N)c1N=Nc1nnc(SCCCCS(=O)(=O)O)s1. The van der Waals surface area contributed by atoms with Gasteiger partial charge in [-0.25, -0.2) is 0 Å². The van der Waals surface area contributed by atoms with Crippen LogP contribution in [-0.4, -0.2) is 63.2 Å². The van der Waals surface area contributed by atoms with Crippen LogP contribution in [0.1, 0.15) is 19.3 Å². The summed E-state index contributed by atoms with van der Waals surface area (Å²) in [6.45, 7) is 7.24. The second-order valence-corrected chi connectivity index (χ2v) is 11.4. The van der Waals surface area contributed by atoms with Crippen molar-refractivity contribution in [3.05, 3.63) is 11.4 Å². The van der Waals surface area contributed by atoms with Crippen LogP contribution in [-0.2, 0) is 26.8 Å². The molecule has 0 aliphatic heterocycles. The van der Waals surface area contributed by atoms with Crippen LogP contribution in [0.4, 0.5) is 22.5 Å². The Balaban J connectivity index is 1.97. The lowest BCUT2D eigenvalue weighted by Crippen LogP contribution is -2.10. The highest BCUT2D eigenvalue weighted by molar-refractivity contribution is 8.01. The first-order chi connectivity index (χ1) is 14.5. The van der Waals surface area contributed by atoms with Gasteiger partial charge in [-0.15, -0.1) is 15.3 Å². The molecule has 0 bridgehead atoms. The zero-order chi connectivity index (χ0) is 23.1. The van der Waals surface area contributed by atoms with Crippen LogP contribution < -0.4 is 5.73 Å². The molecule has 2 rings (SSSR count). The second kappa shape index (κ2) is 10.9. The minimum atomic E-state index is -4.11. The van der Waals surface area contributed by atoms with E-state index in [-0.39, 0.29) is 41.2 Å². The smallest absolute Gasteiger partial charge is 0.325 e. The number of nitrogens with zero attached hydrogens (tertiary/aromatic N) is 7. The van der Waals surface area contributed by atoms with E-state index in [0.29, 0.717) is 22.9 Å². The lowest BCUT2D eigenvalue weighted by atomic mass is 10.4. The van der Waals surface area contributed by atoms with Gasteiger partial charge in [-0.2, -0.15) is 26.6 Å². The number of thioether (sulfide) groups is 1. The normalized spacial score (nSPS) is 12.4. The van der Waals surface area contributed by atoms with E-state index in [1.807, 2.05) is 0 Å². The van der Waals surface area contributed by atoms with E-state index in [4.69, 9.17) is 21.4 Å². The molecule has 4 N–H and O–H groups in total. The summed E-state index contributed by atoms with van der Waals surface area (Å²) in [4.78, 5) is 3.22. The highest BCUT2D eigenvalue weighted by Gasteiger charge is 2.18. The van der Waals surface area contributed by atoms with Crippen molar-refractivity contribution in [2.24, 2.45) is 10.2 Å². The molecule has 0 aliphatic rings. The molecule has 18 heteroatoms. The molecule has 0 saturated carbocycles. The third-order valence-corrected chi connectivity index (χ3v) is 7.12. The van der Waals surface area contributed by atoms with Crippen molar-refractivity contribution < 1.29 is 25.9 Å². The predicted molar refractivity (Wildman–Crippen MR) is 114 cm³/mol. The number of hydrogen-bond donors (Lipinski definition) is 3. The molecule has 2 aromatic heterocycles. The average Bonchev–Trinajstić information content (AvgIpc) is 3.22. The van der Waals surface area contributed by atoms with Crippen LogP contribution >= 0.6 is 23.1 Å². The van der Waals surface area contributed by atoms with E-state index in [0.717, 1.165) is 11.3 Å². The monoisotopic (exact) mass is 510 g/mol. The van der Waals surface area contributed by atoms with E-state index < -0.39 is 26.0 Å². The van der Waals surface area contributed by atoms with Crippen molar-refractivity contribution in [2.45, 2.75) is 30.1 Å². The number of hydrogen-bond acceptors (Lipinski definition) is 12. The highest BCUT2D eigenvalue weighted by atomic mass is 32.2. The summed E-state index contributed by atoms with van der Waals surface area (Å²) in [7, 11) is -8.07. The fraction of sp³-hybridized carbons (Fsp3) is 0.538. The number of azo groups is 1. The molecule has 0 unspecified atom stereocenters. The number of nitrogen functional groups attached to an aromatic ring is 1. The van der Waals surface area contributed by atoms with Crippen molar-refractivity contribution in [1.29, 1.82) is 0 Å². The first-order valence-corrected chi connectivity index (χ1v) is 13.5. The maximum Gasteiger partial charge on any atom is 0.325 e. The first kappa shape index (κ1) is 25.1.